The maximum absolute atomic E-state index is 5.28. The number of para-hydroxylation sites is 1. The molecule has 0 saturated heterocycles. The van der Waals surface area contributed by atoms with E-state index in [1.54, 1.807) is 0 Å². The first kappa shape index (κ1) is 22.1. The highest BCUT2D eigenvalue weighted by atomic mass is 127. The molecule has 0 saturated carbocycles. The van der Waals surface area contributed by atoms with Gasteiger partial charge in [0.25, 0.3) is 0 Å². The van der Waals surface area contributed by atoms with Gasteiger partial charge >= 0.3 is 0 Å². The van der Waals surface area contributed by atoms with Crippen LogP contribution in [-0.4, -0.2) is 34.2 Å². The minimum Gasteiger partial charge on any atom is -0.357 e. The van der Waals surface area contributed by atoms with Gasteiger partial charge in [0.15, 0.2) is 11.8 Å². The van der Waals surface area contributed by atoms with Crippen molar-refractivity contribution in [3.63, 3.8) is 0 Å². The predicted octanol–water partition coefficient (Wildman–Crippen LogP) is 3.66. The Morgan fingerprint density at radius 1 is 1.18 bits per heavy atom. The molecule has 0 aliphatic heterocycles. The molecule has 2 N–H and O–H groups in total. The van der Waals surface area contributed by atoms with Crippen LogP contribution in [0, 0.1) is 0 Å². The van der Waals surface area contributed by atoms with Crippen molar-refractivity contribution in [3.8, 4) is 0 Å². The van der Waals surface area contributed by atoms with Gasteiger partial charge in [-0.2, -0.15) is 4.98 Å². The Bertz CT molecular complexity index is 903. The fourth-order valence-corrected chi connectivity index (χ4v) is 2.69. The van der Waals surface area contributed by atoms with Crippen molar-refractivity contribution in [2.24, 2.45) is 4.99 Å². The minimum atomic E-state index is 0. The zero-order valence-electron chi connectivity index (χ0n) is 16.5. The molecule has 0 atom stereocenters. The van der Waals surface area contributed by atoms with Gasteiger partial charge in [0, 0.05) is 37.0 Å². The molecule has 2 aromatic heterocycles. The van der Waals surface area contributed by atoms with E-state index in [-0.39, 0.29) is 29.9 Å². The highest BCUT2D eigenvalue weighted by Gasteiger charge is 2.09. The SMILES string of the molecule is CCNC(=NCc1ccnc2ccccc12)NCCc1nc(C(C)C)no1.I. The van der Waals surface area contributed by atoms with Crippen LogP contribution in [0.5, 0.6) is 0 Å². The third-order valence-electron chi connectivity index (χ3n) is 4.12. The monoisotopic (exact) mass is 494 g/mol. The number of hydrogen-bond acceptors (Lipinski definition) is 5. The molecule has 28 heavy (non-hydrogen) atoms. The van der Waals surface area contributed by atoms with Crippen molar-refractivity contribution < 1.29 is 4.52 Å². The maximum atomic E-state index is 5.28. The fraction of sp³-hybridized carbons (Fsp3) is 0.400. The zero-order chi connectivity index (χ0) is 19.1. The van der Waals surface area contributed by atoms with Gasteiger partial charge in [-0.3, -0.25) is 4.98 Å². The van der Waals surface area contributed by atoms with Crippen LogP contribution in [0.4, 0.5) is 0 Å². The lowest BCUT2D eigenvalue weighted by Crippen LogP contribution is -2.38. The average molecular weight is 494 g/mol. The molecule has 2 heterocycles. The average Bonchev–Trinajstić information content (AvgIpc) is 3.15. The molecule has 0 spiro atoms. The Morgan fingerprint density at radius 2 is 2.00 bits per heavy atom. The molecule has 3 rings (SSSR count). The molecule has 0 radical (unpaired) electrons. The van der Waals surface area contributed by atoms with Crippen molar-refractivity contribution in [1.29, 1.82) is 0 Å². The number of hydrogen-bond donors (Lipinski definition) is 2. The normalized spacial score (nSPS) is 11.5. The summed E-state index contributed by atoms with van der Waals surface area (Å²) < 4.78 is 5.28. The lowest BCUT2D eigenvalue weighted by atomic mass is 10.1. The van der Waals surface area contributed by atoms with E-state index in [2.05, 4.69) is 31.8 Å². The first-order valence-electron chi connectivity index (χ1n) is 9.34. The van der Waals surface area contributed by atoms with Crippen LogP contribution in [-0.2, 0) is 13.0 Å². The molecule has 0 bridgehead atoms. The summed E-state index contributed by atoms with van der Waals surface area (Å²) in [6.45, 7) is 8.18. The van der Waals surface area contributed by atoms with Crippen molar-refractivity contribution in [3.05, 3.63) is 53.8 Å². The van der Waals surface area contributed by atoms with Crippen LogP contribution in [0.15, 0.2) is 46.0 Å². The lowest BCUT2D eigenvalue weighted by Gasteiger charge is -2.11. The van der Waals surface area contributed by atoms with E-state index in [4.69, 9.17) is 9.52 Å². The minimum absolute atomic E-state index is 0. The Kier molecular flexibility index (Phi) is 8.62. The second-order valence-electron chi connectivity index (χ2n) is 6.56. The Hall–Kier alpha value is -2.23. The summed E-state index contributed by atoms with van der Waals surface area (Å²) in [5, 5.41) is 11.7. The number of benzene rings is 1. The number of pyridine rings is 1. The summed E-state index contributed by atoms with van der Waals surface area (Å²) in [6, 6.07) is 10.1. The second-order valence-corrected chi connectivity index (χ2v) is 6.56. The van der Waals surface area contributed by atoms with E-state index < -0.39 is 0 Å². The second kappa shape index (κ2) is 10.9. The van der Waals surface area contributed by atoms with Gasteiger partial charge in [-0.15, -0.1) is 24.0 Å². The van der Waals surface area contributed by atoms with E-state index in [0.29, 0.717) is 25.4 Å². The molecule has 7 nitrogen and oxygen atoms in total. The molecule has 0 aliphatic rings. The summed E-state index contributed by atoms with van der Waals surface area (Å²) in [5.74, 6) is 2.42. The highest BCUT2D eigenvalue weighted by Crippen LogP contribution is 2.16. The number of rotatable bonds is 7. The van der Waals surface area contributed by atoms with Gasteiger partial charge in [0.1, 0.15) is 0 Å². The first-order valence-corrected chi connectivity index (χ1v) is 9.34. The molecular weight excluding hydrogens is 467 g/mol. The molecule has 0 fully saturated rings. The lowest BCUT2D eigenvalue weighted by molar-refractivity contribution is 0.371. The van der Waals surface area contributed by atoms with Gasteiger partial charge in [0.2, 0.25) is 5.89 Å². The number of aromatic nitrogens is 3. The van der Waals surface area contributed by atoms with Gasteiger partial charge in [0.05, 0.1) is 12.1 Å². The topological polar surface area (TPSA) is 88.2 Å². The molecule has 1 aromatic carbocycles. The highest BCUT2D eigenvalue weighted by molar-refractivity contribution is 14.0. The van der Waals surface area contributed by atoms with Gasteiger partial charge in [-0.1, -0.05) is 37.2 Å². The van der Waals surface area contributed by atoms with Crippen LogP contribution in [0.1, 0.15) is 44.0 Å². The third-order valence-corrected chi connectivity index (χ3v) is 4.12. The summed E-state index contributed by atoms with van der Waals surface area (Å²) in [7, 11) is 0. The smallest absolute Gasteiger partial charge is 0.228 e. The standard InChI is InChI=1S/C20H26N6O.HI/c1-4-21-20(23-12-10-18-25-19(14(2)3)26-27-18)24-13-15-9-11-22-17-8-6-5-7-16(15)17;/h5-9,11,14H,4,10,12-13H2,1-3H3,(H2,21,23,24);1H. The molecule has 0 aliphatic carbocycles. The number of fused-ring (bicyclic) bond motifs is 1. The summed E-state index contributed by atoms with van der Waals surface area (Å²) in [5.41, 5.74) is 2.14. The maximum Gasteiger partial charge on any atom is 0.228 e. The van der Waals surface area contributed by atoms with Crippen LogP contribution >= 0.6 is 24.0 Å². The molecule has 0 amide bonds. The Labute approximate surface area is 182 Å². The van der Waals surface area contributed by atoms with E-state index in [9.17, 15) is 0 Å². The van der Waals surface area contributed by atoms with Crippen molar-refractivity contribution in [2.45, 2.75) is 39.7 Å². The molecular formula is C20H27IN6O. The summed E-state index contributed by atoms with van der Waals surface area (Å²) in [6.07, 6.45) is 2.48. The quantitative estimate of drug-likeness (QED) is 0.296. The number of halogens is 1. The van der Waals surface area contributed by atoms with E-state index in [1.165, 1.54) is 0 Å². The first-order chi connectivity index (χ1) is 13.2. The van der Waals surface area contributed by atoms with Gasteiger partial charge in [-0.25, -0.2) is 4.99 Å². The molecule has 8 heteroatoms. The van der Waals surface area contributed by atoms with E-state index in [0.717, 1.165) is 34.8 Å². The van der Waals surface area contributed by atoms with Crippen molar-refractivity contribution in [2.75, 3.05) is 13.1 Å². The zero-order valence-corrected chi connectivity index (χ0v) is 18.8. The molecule has 150 valence electrons. The van der Waals surface area contributed by atoms with Crippen LogP contribution in [0.2, 0.25) is 0 Å². The van der Waals surface area contributed by atoms with E-state index in [1.807, 2.05) is 51.2 Å². The van der Waals surface area contributed by atoms with Gasteiger partial charge in [-0.05, 0) is 24.6 Å². The van der Waals surface area contributed by atoms with Crippen molar-refractivity contribution in [1.82, 2.24) is 25.8 Å². The molecule has 3 aromatic rings. The fourth-order valence-electron chi connectivity index (χ4n) is 2.69. The summed E-state index contributed by atoms with van der Waals surface area (Å²) in [4.78, 5) is 13.5. The third kappa shape index (κ3) is 5.88. The van der Waals surface area contributed by atoms with E-state index >= 15 is 0 Å². The molecule has 0 unspecified atom stereocenters. The number of guanidine groups is 1. The Morgan fingerprint density at radius 3 is 2.75 bits per heavy atom. The van der Waals surface area contributed by atoms with Crippen molar-refractivity contribution >= 4 is 40.8 Å². The Balaban J connectivity index is 0.00000280. The number of nitrogens with one attached hydrogen (secondary N) is 2. The predicted molar refractivity (Wildman–Crippen MR) is 122 cm³/mol. The summed E-state index contributed by atoms with van der Waals surface area (Å²) >= 11 is 0. The number of nitrogens with zero attached hydrogens (tertiary/aromatic N) is 4. The largest absolute Gasteiger partial charge is 0.357 e. The number of aliphatic imine (C=N–C) groups is 1. The van der Waals surface area contributed by atoms with Gasteiger partial charge < -0.3 is 15.2 Å². The van der Waals surface area contributed by atoms with Crippen LogP contribution in [0.25, 0.3) is 10.9 Å². The van der Waals surface area contributed by atoms with Crippen LogP contribution < -0.4 is 10.6 Å². The van der Waals surface area contributed by atoms with Crippen LogP contribution in [0.3, 0.4) is 0 Å².